The van der Waals surface area contributed by atoms with Crippen LogP contribution in [0.15, 0.2) is 25.0 Å². The Bertz CT molecular complexity index is 1050. The summed E-state index contributed by atoms with van der Waals surface area (Å²) in [6.07, 6.45) is 2.47. The lowest BCUT2D eigenvalue weighted by molar-refractivity contribution is -0.122. The maximum atomic E-state index is 8.36. The number of allylic oxidation sites excluding steroid dienone is 1. The van der Waals surface area contributed by atoms with Gasteiger partial charge in [0.25, 0.3) is 6.47 Å². The van der Waals surface area contributed by atoms with Gasteiger partial charge in [0, 0.05) is 42.2 Å². The summed E-state index contributed by atoms with van der Waals surface area (Å²) in [5.74, 6) is 2.21. The predicted molar refractivity (Wildman–Crippen MR) is 109 cm³/mol. The third-order valence-electron chi connectivity index (χ3n) is 4.76. The summed E-state index contributed by atoms with van der Waals surface area (Å²) in [6, 6.07) is 3.82. The zero-order valence-corrected chi connectivity index (χ0v) is 16.6. The Labute approximate surface area is 168 Å². The van der Waals surface area contributed by atoms with E-state index in [1.165, 1.54) is 11.3 Å². The molecule has 2 aromatic heterocycles. The molecular weight excluding hydrogens is 374 g/mol. The number of methoxy groups -OCH3 is 2. The van der Waals surface area contributed by atoms with Crippen LogP contribution < -0.4 is 14.4 Å². The van der Waals surface area contributed by atoms with E-state index in [-0.39, 0.29) is 6.47 Å². The molecule has 0 spiro atoms. The van der Waals surface area contributed by atoms with Crippen molar-refractivity contribution in [1.82, 2.24) is 20.2 Å². The molecule has 152 valence electrons. The fourth-order valence-corrected chi connectivity index (χ4v) is 3.45. The van der Waals surface area contributed by atoms with Gasteiger partial charge in [-0.05, 0) is 18.6 Å². The first kappa shape index (κ1) is 20.1. The lowest BCUT2D eigenvalue weighted by Crippen LogP contribution is -2.31. The molecule has 3 heterocycles. The molecule has 0 radical (unpaired) electrons. The van der Waals surface area contributed by atoms with Crippen molar-refractivity contribution in [2.24, 2.45) is 0 Å². The van der Waals surface area contributed by atoms with Gasteiger partial charge in [0.2, 0.25) is 0 Å². The van der Waals surface area contributed by atoms with Crippen molar-refractivity contribution in [2.75, 3.05) is 25.7 Å². The number of carboxylic acid groups (broad SMARTS) is 1. The number of hydrogen-bond acceptors (Lipinski definition) is 7. The van der Waals surface area contributed by atoms with Crippen LogP contribution >= 0.6 is 0 Å². The second kappa shape index (κ2) is 8.59. The summed E-state index contributed by atoms with van der Waals surface area (Å²) in [7, 11) is 3.25. The Morgan fingerprint density at radius 1 is 1.28 bits per heavy atom. The van der Waals surface area contributed by atoms with E-state index in [0.29, 0.717) is 11.5 Å². The lowest BCUT2D eigenvalue weighted by atomic mass is 10.0. The maximum absolute atomic E-state index is 8.36. The quantitative estimate of drug-likeness (QED) is 0.646. The van der Waals surface area contributed by atoms with Crippen LogP contribution in [-0.2, 0) is 17.8 Å². The fraction of sp³-hybridized carbons (Fsp3) is 0.300. The maximum Gasteiger partial charge on any atom is 0.290 e. The van der Waals surface area contributed by atoms with Gasteiger partial charge in [-0.25, -0.2) is 9.97 Å². The Kier molecular flexibility index (Phi) is 5.96. The van der Waals surface area contributed by atoms with Gasteiger partial charge in [0.15, 0.2) is 11.5 Å². The molecule has 0 atom stereocenters. The van der Waals surface area contributed by atoms with Crippen molar-refractivity contribution in [1.29, 1.82) is 0 Å². The van der Waals surface area contributed by atoms with Crippen LogP contribution in [0.3, 0.4) is 0 Å². The molecule has 0 amide bonds. The summed E-state index contributed by atoms with van der Waals surface area (Å²) in [5, 5.41) is 15.4. The summed E-state index contributed by atoms with van der Waals surface area (Å²) < 4.78 is 10.8. The van der Waals surface area contributed by atoms with Crippen LogP contribution in [0.25, 0.3) is 16.5 Å². The SMILES string of the molecule is C=C(C)c1n[nH]c2c1CN(c1ncnc3cc(OC)c(OC)cc13)CC2.O=CO. The number of rotatable bonds is 4. The largest absolute Gasteiger partial charge is 0.493 e. The zero-order valence-electron chi connectivity index (χ0n) is 16.6. The van der Waals surface area contributed by atoms with Gasteiger partial charge in [-0.2, -0.15) is 5.10 Å². The van der Waals surface area contributed by atoms with E-state index in [4.69, 9.17) is 19.4 Å². The molecular formula is C20H23N5O4. The number of H-pyrrole nitrogens is 1. The third-order valence-corrected chi connectivity index (χ3v) is 4.76. The van der Waals surface area contributed by atoms with Gasteiger partial charge in [-0.3, -0.25) is 9.89 Å². The van der Waals surface area contributed by atoms with Crippen LogP contribution in [0.4, 0.5) is 5.82 Å². The van der Waals surface area contributed by atoms with Gasteiger partial charge in [-0.1, -0.05) is 6.58 Å². The number of anilines is 1. The minimum absolute atomic E-state index is 0.250. The van der Waals surface area contributed by atoms with Crippen LogP contribution in [0.2, 0.25) is 0 Å². The van der Waals surface area contributed by atoms with Crippen molar-refractivity contribution in [3.05, 3.63) is 42.0 Å². The molecule has 2 N–H and O–H groups in total. The average molecular weight is 397 g/mol. The lowest BCUT2D eigenvalue weighted by Gasteiger charge is -2.29. The number of fused-ring (bicyclic) bond motifs is 2. The number of aromatic nitrogens is 4. The summed E-state index contributed by atoms with van der Waals surface area (Å²) in [5.41, 5.74) is 5.10. The molecule has 9 heteroatoms. The average Bonchev–Trinajstić information content (AvgIpc) is 3.16. The van der Waals surface area contributed by atoms with Crippen LogP contribution in [0, 0.1) is 0 Å². The number of ether oxygens (including phenoxy) is 2. The molecule has 0 fully saturated rings. The van der Waals surface area contributed by atoms with E-state index in [9.17, 15) is 0 Å². The Morgan fingerprint density at radius 3 is 2.62 bits per heavy atom. The van der Waals surface area contributed by atoms with Gasteiger partial charge in [0.05, 0.1) is 25.4 Å². The van der Waals surface area contributed by atoms with Crippen molar-refractivity contribution in [3.8, 4) is 11.5 Å². The second-order valence-electron chi connectivity index (χ2n) is 6.51. The van der Waals surface area contributed by atoms with Crippen LogP contribution in [0.5, 0.6) is 11.5 Å². The van der Waals surface area contributed by atoms with E-state index in [0.717, 1.165) is 47.5 Å². The first-order chi connectivity index (χ1) is 14.0. The van der Waals surface area contributed by atoms with Crippen molar-refractivity contribution >= 4 is 28.8 Å². The van der Waals surface area contributed by atoms with Gasteiger partial charge in [0.1, 0.15) is 12.1 Å². The Balaban J connectivity index is 0.000000755. The highest BCUT2D eigenvalue weighted by molar-refractivity contribution is 5.92. The summed E-state index contributed by atoms with van der Waals surface area (Å²) >= 11 is 0. The van der Waals surface area contributed by atoms with Crippen molar-refractivity contribution < 1.29 is 19.4 Å². The van der Waals surface area contributed by atoms with Gasteiger partial charge < -0.3 is 19.5 Å². The van der Waals surface area contributed by atoms with Crippen LogP contribution in [0.1, 0.15) is 23.9 Å². The van der Waals surface area contributed by atoms with E-state index < -0.39 is 0 Å². The van der Waals surface area contributed by atoms with E-state index >= 15 is 0 Å². The van der Waals surface area contributed by atoms with Gasteiger partial charge in [-0.15, -0.1) is 0 Å². The van der Waals surface area contributed by atoms with Crippen molar-refractivity contribution in [2.45, 2.75) is 19.9 Å². The molecule has 1 aliphatic rings. The number of benzene rings is 1. The third kappa shape index (κ3) is 3.84. The molecule has 9 nitrogen and oxygen atoms in total. The summed E-state index contributed by atoms with van der Waals surface area (Å²) in [6.45, 7) is 7.35. The fourth-order valence-electron chi connectivity index (χ4n) is 3.45. The smallest absolute Gasteiger partial charge is 0.290 e. The summed E-state index contributed by atoms with van der Waals surface area (Å²) in [4.78, 5) is 19.6. The first-order valence-electron chi connectivity index (χ1n) is 8.95. The topological polar surface area (TPSA) is 113 Å². The standard InChI is InChI=1S/C19H21N5O2.CH2O2/c1-11(2)18-13-9-24(6-5-14(13)22-23-18)19-12-7-16(25-3)17(26-4)8-15(12)20-10-21-19;2-1-3/h7-8,10H,1,5-6,9H2,2-4H3,(H,22,23);1H,(H,2,3). The van der Waals surface area contributed by atoms with Crippen molar-refractivity contribution in [3.63, 3.8) is 0 Å². The highest BCUT2D eigenvalue weighted by atomic mass is 16.5. The molecule has 0 bridgehead atoms. The molecule has 0 unspecified atom stereocenters. The van der Waals surface area contributed by atoms with E-state index in [1.54, 1.807) is 20.5 Å². The van der Waals surface area contributed by atoms with Gasteiger partial charge >= 0.3 is 0 Å². The van der Waals surface area contributed by atoms with E-state index in [1.807, 2.05) is 19.1 Å². The number of nitrogens with one attached hydrogen (secondary N) is 1. The molecule has 29 heavy (non-hydrogen) atoms. The number of nitrogens with zero attached hydrogens (tertiary/aromatic N) is 4. The van der Waals surface area contributed by atoms with Crippen LogP contribution in [-0.4, -0.2) is 52.5 Å². The monoisotopic (exact) mass is 397 g/mol. The molecule has 0 saturated heterocycles. The van der Waals surface area contributed by atoms with E-state index in [2.05, 4.69) is 31.6 Å². The molecule has 1 aliphatic heterocycles. The highest BCUT2D eigenvalue weighted by Gasteiger charge is 2.25. The number of carbonyl (C=O) groups is 1. The number of aromatic amines is 1. The molecule has 4 rings (SSSR count). The normalized spacial score (nSPS) is 12.6. The molecule has 0 aliphatic carbocycles. The first-order valence-corrected chi connectivity index (χ1v) is 8.95. The molecule has 3 aromatic rings. The predicted octanol–water partition coefficient (Wildman–Crippen LogP) is 2.67. The molecule has 0 saturated carbocycles. The second-order valence-corrected chi connectivity index (χ2v) is 6.51. The highest BCUT2D eigenvalue weighted by Crippen LogP contribution is 2.36. The Morgan fingerprint density at radius 2 is 1.97 bits per heavy atom. The Hall–Kier alpha value is -3.62. The number of hydrogen-bond donors (Lipinski definition) is 2. The minimum atomic E-state index is -0.250. The zero-order chi connectivity index (χ0) is 21.0. The molecule has 1 aromatic carbocycles. The minimum Gasteiger partial charge on any atom is -0.493 e.